The summed E-state index contributed by atoms with van der Waals surface area (Å²) in [6, 6.07) is 27.3. The van der Waals surface area contributed by atoms with Crippen LogP contribution in [0.4, 0.5) is 0 Å². The number of pyridine rings is 2. The van der Waals surface area contributed by atoms with Gasteiger partial charge in [-0.3, -0.25) is 9.97 Å². The van der Waals surface area contributed by atoms with Gasteiger partial charge in [0.15, 0.2) is 0 Å². The van der Waals surface area contributed by atoms with E-state index in [1.165, 1.54) is 28.7 Å². The van der Waals surface area contributed by atoms with E-state index in [9.17, 15) is 4.79 Å². The summed E-state index contributed by atoms with van der Waals surface area (Å²) >= 11 is 1.74. The second kappa shape index (κ2) is 11.2. The first kappa shape index (κ1) is 20.8. The lowest BCUT2D eigenvalue weighted by molar-refractivity contribution is 0.0696. The number of carboxylic acids is 1. The van der Waals surface area contributed by atoms with Gasteiger partial charge in [0, 0.05) is 30.4 Å². The van der Waals surface area contributed by atoms with Crippen molar-refractivity contribution >= 4 is 27.5 Å². The van der Waals surface area contributed by atoms with Crippen LogP contribution in [0, 0.1) is 0 Å². The van der Waals surface area contributed by atoms with Crippen LogP contribution >= 0.6 is 11.3 Å². The van der Waals surface area contributed by atoms with Crippen molar-refractivity contribution in [3.05, 3.63) is 115 Å². The minimum absolute atomic E-state index is 0.220. The number of benzene rings is 2. The Morgan fingerprint density at radius 2 is 1.40 bits per heavy atom. The lowest BCUT2D eigenvalue weighted by Gasteiger charge is -1.92. The summed E-state index contributed by atoms with van der Waals surface area (Å²) in [5.74, 6) is -0.942. The van der Waals surface area contributed by atoms with Gasteiger partial charge in [-0.25, -0.2) is 9.78 Å². The number of carboxylic acid groups (broad SMARTS) is 1. The van der Waals surface area contributed by atoms with E-state index in [-0.39, 0.29) is 5.56 Å². The smallest absolute Gasteiger partial charge is 0.337 e. The zero-order valence-corrected chi connectivity index (χ0v) is 16.8. The molecule has 0 aliphatic rings. The Morgan fingerprint density at radius 3 is 1.93 bits per heavy atom. The molecule has 3 heterocycles. The first-order chi connectivity index (χ1) is 14.7. The second-order valence-corrected chi connectivity index (χ2v) is 6.95. The highest BCUT2D eigenvalue weighted by atomic mass is 32.1. The number of hydrogen-bond donors (Lipinski definition) is 1. The molecule has 5 nitrogen and oxygen atoms in total. The van der Waals surface area contributed by atoms with Crippen LogP contribution in [-0.4, -0.2) is 26.0 Å². The number of carbonyl (C=O) groups is 1. The van der Waals surface area contributed by atoms with Crippen LogP contribution in [0.15, 0.2) is 110 Å². The molecular formula is C24H19N3O2S. The van der Waals surface area contributed by atoms with Crippen LogP contribution in [0.1, 0.15) is 10.4 Å². The molecular weight excluding hydrogens is 394 g/mol. The zero-order chi connectivity index (χ0) is 21.0. The second-order valence-electron chi connectivity index (χ2n) is 5.92. The van der Waals surface area contributed by atoms with Crippen molar-refractivity contribution in [1.82, 2.24) is 15.0 Å². The molecule has 0 saturated heterocycles. The van der Waals surface area contributed by atoms with E-state index in [1.54, 1.807) is 29.8 Å². The van der Waals surface area contributed by atoms with Crippen LogP contribution in [-0.2, 0) is 0 Å². The van der Waals surface area contributed by atoms with Gasteiger partial charge in [-0.05, 0) is 36.4 Å². The van der Waals surface area contributed by atoms with E-state index in [2.05, 4.69) is 45.3 Å². The van der Waals surface area contributed by atoms with Crippen molar-refractivity contribution in [2.24, 2.45) is 0 Å². The maximum Gasteiger partial charge on any atom is 0.337 e. The molecule has 0 atom stereocenters. The molecule has 2 aromatic carbocycles. The largest absolute Gasteiger partial charge is 0.478 e. The fourth-order valence-corrected chi connectivity index (χ4v) is 3.35. The minimum Gasteiger partial charge on any atom is -0.478 e. The molecule has 0 unspecified atom stereocenters. The summed E-state index contributed by atoms with van der Waals surface area (Å²) in [5.41, 5.74) is 2.50. The molecule has 0 aliphatic heterocycles. The maximum absolute atomic E-state index is 10.2. The Balaban J connectivity index is 0.000000145. The van der Waals surface area contributed by atoms with E-state index < -0.39 is 5.97 Å². The highest BCUT2D eigenvalue weighted by Gasteiger charge is 2.04. The van der Waals surface area contributed by atoms with Gasteiger partial charge in [-0.1, -0.05) is 48.5 Å². The molecule has 148 valence electrons. The van der Waals surface area contributed by atoms with Gasteiger partial charge in [0.05, 0.1) is 15.8 Å². The number of para-hydroxylation sites is 1. The van der Waals surface area contributed by atoms with Crippen LogP contribution in [0.3, 0.4) is 0 Å². The Hall–Kier alpha value is -3.90. The van der Waals surface area contributed by atoms with Crippen LogP contribution < -0.4 is 0 Å². The van der Waals surface area contributed by atoms with E-state index >= 15 is 0 Å². The number of nitrogens with zero attached hydrogens (tertiary/aromatic N) is 3. The van der Waals surface area contributed by atoms with E-state index in [1.807, 2.05) is 42.5 Å². The highest BCUT2D eigenvalue weighted by Crippen LogP contribution is 2.29. The van der Waals surface area contributed by atoms with Crippen LogP contribution in [0.25, 0.3) is 20.8 Å². The fraction of sp³-hybridized carbons (Fsp3) is 0. The minimum atomic E-state index is -0.942. The maximum atomic E-state index is 10.2. The predicted molar refractivity (Wildman–Crippen MR) is 120 cm³/mol. The topological polar surface area (TPSA) is 76.0 Å². The number of aromatic nitrogens is 3. The third-order valence-corrected chi connectivity index (χ3v) is 4.88. The molecule has 1 N–H and O–H groups in total. The molecule has 0 radical (unpaired) electrons. The molecule has 0 bridgehead atoms. The summed E-state index contributed by atoms with van der Waals surface area (Å²) in [6.45, 7) is 0. The average molecular weight is 414 g/mol. The third-order valence-electron chi connectivity index (χ3n) is 3.79. The first-order valence-corrected chi connectivity index (χ1v) is 9.95. The number of hydrogen-bond acceptors (Lipinski definition) is 5. The SMILES string of the molecule is O=C(O)c1cccnc1.c1ccc(-c2nc3ccccc3s2)cc1.c1ccncc1. The van der Waals surface area contributed by atoms with Crippen molar-refractivity contribution in [2.45, 2.75) is 0 Å². The van der Waals surface area contributed by atoms with Crippen molar-refractivity contribution in [3.8, 4) is 10.6 Å². The van der Waals surface area contributed by atoms with Crippen LogP contribution in [0.2, 0.25) is 0 Å². The van der Waals surface area contributed by atoms with Gasteiger partial charge < -0.3 is 5.11 Å². The molecule has 0 spiro atoms. The van der Waals surface area contributed by atoms with E-state index in [4.69, 9.17) is 5.11 Å². The highest BCUT2D eigenvalue weighted by molar-refractivity contribution is 7.21. The molecule has 0 amide bonds. The Morgan fingerprint density at radius 1 is 0.733 bits per heavy atom. The molecule has 5 rings (SSSR count). The summed E-state index contributed by atoms with van der Waals surface area (Å²) in [5, 5.41) is 9.44. The molecule has 5 aromatic rings. The molecule has 0 saturated carbocycles. The van der Waals surface area contributed by atoms with E-state index in [0.717, 1.165) is 10.5 Å². The summed E-state index contributed by atoms with van der Waals surface area (Å²) < 4.78 is 1.25. The molecule has 3 aromatic heterocycles. The van der Waals surface area contributed by atoms with Gasteiger partial charge in [0.1, 0.15) is 5.01 Å². The van der Waals surface area contributed by atoms with E-state index in [0.29, 0.717) is 0 Å². The predicted octanol–water partition coefficient (Wildman–Crippen LogP) is 5.82. The molecule has 0 aliphatic carbocycles. The zero-order valence-electron chi connectivity index (χ0n) is 16.0. The normalized spacial score (nSPS) is 9.60. The Kier molecular flexibility index (Phi) is 7.77. The number of thiazole rings is 1. The van der Waals surface area contributed by atoms with Crippen molar-refractivity contribution in [3.63, 3.8) is 0 Å². The summed E-state index contributed by atoms with van der Waals surface area (Å²) in [7, 11) is 0. The summed E-state index contributed by atoms with van der Waals surface area (Å²) in [4.78, 5) is 22.2. The fourth-order valence-electron chi connectivity index (χ4n) is 2.38. The van der Waals surface area contributed by atoms with Gasteiger partial charge in [-0.2, -0.15) is 0 Å². The standard InChI is InChI=1S/C13H9NS.C6H5NO2.C5H5N/c1-2-6-10(7-3-1)13-14-11-8-4-5-9-12(11)15-13;8-6(9)5-2-1-3-7-4-5;1-2-4-6-5-3-1/h1-9H;1-4H,(H,8,9);1-5H. The van der Waals surface area contributed by atoms with Gasteiger partial charge >= 0.3 is 5.97 Å². The molecule has 6 heteroatoms. The molecule has 0 fully saturated rings. The average Bonchev–Trinajstić information content (AvgIpc) is 3.27. The Labute approximate surface area is 178 Å². The lowest BCUT2D eigenvalue weighted by Crippen LogP contribution is -1.94. The van der Waals surface area contributed by atoms with Crippen molar-refractivity contribution < 1.29 is 9.90 Å². The van der Waals surface area contributed by atoms with Gasteiger partial charge in [-0.15, -0.1) is 11.3 Å². The van der Waals surface area contributed by atoms with Crippen molar-refractivity contribution in [2.75, 3.05) is 0 Å². The lowest BCUT2D eigenvalue weighted by atomic mass is 10.2. The number of rotatable bonds is 2. The van der Waals surface area contributed by atoms with Gasteiger partial charge in [0.2, 0.25) is 0 Å². The molecule has 30 heavy (non-hydrogen) atoms. The quantitative estimate of drug-likeness (QED) is 0.394. The monoisotopic (exact) mass is 413 g/mol. The summed E-state index contributed by atoms with van der Waals surface area (Å²) in [6.07, 6.45) is 6.34. The third kappa shape index (κ3) is 6.32. The van der Waals surface area contributed by atoms with Crippen LogP contribution in [0.5, 0.6) is 0 Å². The van der Waals surface area contributed by atoms with Crippen molar-refractivity contribution in [1.29, 1.82) is 0 Å². The number of fused-ring (bicyclic) bond motifs is 1. The first-order valence-electron chi connectivity index (χ1n) is 9.13. The number of aromatic carboxylic acids is 1. The Bertz CT molecular complexity index is 1100. The van der Waals surface area contributed by atoms with Gasteiger partial charge in [0.25, 0.3) is 0 Å².